The Balaban J connectivity index is 1.28. The van der Waals surface area contributed by atoms with Gasteiger partial charge < -0.3 is 30.3 Å². The number of nitrogens with one attached hydrogen (secondary N) is 3. The highest BCUT2D eigenvalue weighted by Gasteiger charge is 2.27. The number of carbonyl (C=O) groups excluding carboxylic acids is 3. The van der Waals surface area contributed by atoms with E-state index >= 15 is 0 Å². The molecule has 5 rings (SSSR count). The summed E-state index contributed by atoms with van der Waals surface area (Å²) in [5.41, 5.74) is 4.67. The van der Waals surface area contributed by atoms with Gasteiger partial charge >= 0.3 is 12.1 Å². The highest BCUT2D eigenvalue weighted by Crippen LogP contribution is 2.20. The van der Waals surface area contributed by atoms with Gasteiger partial charge in [-0.05, 0) is 36.8 Å². The van der Waals surface area contributed by atoms with Crippen molar-refractivity contribution in [3.8, 4) is 0 Å². The van der Waals surface area contributed by atoms with Crippen molar-refractivity contribution in [3.63, 3.8) is 0 Å². The van der Waals surface area contributed by atoms with Gasteiger partial charge in [0.1, 0.15) is 12.1 Å². The first-order valence-electron chi connectivity index (χ1n) is 18.7. The molecule has 4 amide bonds. The second-order valence-corrected chi connectivity index (χ2v) is 15.8. The Hall–Kier alpha value is -4.37. The first-order valence-corrected chi connectivity index (χ1v) is 20.4. The molecule has 0 aliphatic carbocycles. The fourth-order valence-corrected chi connectivity index (χ4v) is 7.57. The minimum absolute atomic E-state index is 0.246. The third-order valence-corrected chi connectivity index (χ3v) is 11.2. The van der Waals surface area contributed by atoms with Gasteiger partial charge in [-0.25, -0.2) is 14.6 Å². The van der Waals surface area contributed by atoms with Gasteiger partial charge in [0.2, 0.25) is 5.91 Å². The number of morpholine rings is 1. The van der Waals surface area contributed by atoms with Crippen molar-refractivity contribution in [1.82, 2.24) is 35.7 Å². The van der Waals surface area contributed by atoms with Gasteiger partial charge in [-0.3, -0.25) is 14.7 Å². The maximum Gasteiger partial charge on any atom is 0.407 e. The second-order valence-electron chi connectivity index (χ2n) is 13.9. The number of ether oxygens (including phenoxy) is 2. The smallest absolute Gasteiger partial charge is 0.407 e. The van der Waals surface area contributed by atoms with Crippen LogP contribution < -0.4 is 16.0 Å². The van der Waals surface area contributed by atoms with E-state index in [1.165, 1.54) is 11.3 Å². The zero-order valence-corrected chi connectivity index (χ0v) is 33.1. The van der Waals surface area contributed by atoms with E-state index in [4.69, 9.17) is 9.47 Å². The van der Waals surface area contributed by atoms with E-state index in [9.17, 15) is 14.4 Å². The highest BCUT2D eigenvalue weighted by molar-refractivity contribution is 7.09. The van der Waals surface area contributed by atoms with Crippen LogP contribution in [0.5, 0.6) is 0 Å². The van der Waals surface area contributed by atoms with Crippen LogP contribution in [0.4, 0.5) is 9.59 Å². The van der Waals surface area contributed by atoms with Crippen molar-refractivity contribution < 1.29 is 23.9 Å². The van der Waals surface area contributed by atoms with Crippen LogP contribution in [-0.2, 0) is 40.2 Å². The number of thiazole rings is 2. The number of rotatable bonds is 19. The number of aromatic nitrogens is 2. The van der Waals surface area contributed by atoms with Crippen LogP contribution in [0, 0.1) is 0 Å². The molecule has 54 heavy (non-hydrogen) atoms. The first kappa shape index (κ1) is 40.8. The summed E-state index contributed by atoms with van der Waals surface area (Å²) in [5.74, 6) is 0.0658. The first-order chi connectivity index (χ1) is 26.2. The van der Waals surface area contributed by atoms with Crippen molar-refractivity contribution >= 4 is 40.7 Å². The fraction of sp³-hybridized carbons (Fsp3) is 0.475. The van der Waals surface area contributed by atoms with Gasteiger partial charge in [-0.2, -0.15) is 0 Å². The third kappa shape index (κ3) is 13.8. The quantitative estimate of drug-likeness (QED) is 0.106. The van der Waals surface area contributed by atoms with Crippen LogP contribution in [0.2, 0.25) is 0 Å². The van der Waals surface area contributed by atoms with E-state index in [0.717, 1.165) is 39.8 Å². The molecule has 290 valence electrons. The molecule has 0 spiro atoms. The number of alkyl carbamates (subject to hydrolysis) is 1. The molecule has 0 saturated carbocycles. The number of amides is 4. The zero-order chi connectivity index (χ0) is 38.1. The molecule has 0 radical (unpaired) electrons. The van der Waals surface area contributed by atoms with Crippen LogP contribution in [0.1, 0.15) is 65.7 Å². The summed E-state index contributed by atoms with van der Waals surface area (Å²) in [6.07, 6.45) is 3.40. The predicted octanol–water partition coefficient (Wildman–Crippen LogP) is 6.00. The topological polar surface area (TPSA) is 138 Å². The lowest BCUT2D eigenvalue weighted by atomic mass is 9.97. The van der Waals surface area contributed by atoms with E-state index in [0.29, 0.717) is 70.9 Å². The van der Waals surface area contributed by atoms with Gasteiger partial charge in [-0.15, -0.1) is 22.7 Å². The summed E-state index contributed by atoms with van der Waals surface area (Å²) in [4.78, 5) is 54.3. The number of hydrogen-bond donors (Lipinski definition) is 3. The van der Waals surface area contributed by atoms with E-state index in [1.807, 2.05) is 66.0 Å². The van der Waals surface area contributed by atoms with Gasteiger partial charge in [0.05, 0.1) is 42.5 Å². The monoisotopic (exact) mass is 775 g/mol. The van der Waals surface area contributed by atoms with Gasteiger partial charge in [0.15, 0.2) is 0 Å². The molecule has 3 heterocycles. The average Bonchev–Trinajstić information content (AvgIpc) is 3.89. The third-order valence-electron chi connectivity index (χ3n) is 9.24. The maximum atomic E-state index is 14.2. The summed E-state index contributed by atoms with van der Waals surface area (Å²) < 4.78 is 11.5. The number of nitrogens with zero attached hydrogens (tertiary/aromatic N) is 4. The Labute approximate surface area is 326 Å². The van der Waals surface area contributed by atoms with E-state index in [2.05, 4.69) is 44.7 Å². The predicted molar refractivity (Wildman–Crippen MR) is 213 cm³/mol. The molecule has 4 aromatic rings. The average molecular weight is 776 g/mol. The molecule has 3 N–H and O–H groups in total. The van der Waals surface area contributed by atoms with Crippen molar-refractivity contribution in [2.75, 3.05) is 39.9 Å². The number of hydrogen-bond acceptors (Lipinski definition) is 10. The summed E-state index contributed by atoms with van der Waals surface area (Å²) in [6, 6.07) is 18.6. The minimum atomic E-state index is -0.767. The standard InChI is InChI=1S/C40H53N7O5S2/c1-29(2)38-44-33(27-53-38)26-46(3)39(49)45-36(16-17-47-18-20-51-21-19-47)37(48)43-32(22-30-10-6-4-7-11-30)14-15-34(23-31-12-8-5-9-13-31)52-40(50)42-25-35-24-41-28-54-35/h4-13,24,27-29,32,34,36H,14-23,25-26H2,1-3H3,(H,42,50)(H,43,48)(H,45,49)/t32-,34-,36+/m1/s1. The molecular formula is C40H53N7O5S2. The zero-order valence-electron chi connectivity index (χ0n) is 31.4. The Morgan fingerprint density at radius 1 is 0.926 bits per heavy atom. The van der Waals surface area contributed by atoms with Gasteiger partial charge in [0, 0.05) is 61.5 Å². The van der Waals surface area contributed by atoms with Gasteiger partial charge in [-0.1, -0.05) is 74.5 Å². The van der Waals surface area contributed by atoms with Crippen LogP contribution in [-0.4, -0.2) is 95.9 Å². The number of urea groups is 1. The van der Waals surface area contributed by atoms with E-state index in [-0.39, 0.29) is 18.0 Å². The Morgan fingerprint density at radius 2 is 1.63 bits per heavy atom. The van der Waals surface area contributed by atoms with E-state index in [1.54, 1.807) is 35.0 Å². The Kier molecular flexibility index (Phi) is 16.2. The molecule has 0 bridgehead atoms. The molecule has 2 aromatic carbocycles. The summed E-state index contributed by atoms with van der Waals surface area (Å²) in [6.45, 7) is 8.36. The number of carbonyl (C=O) groups is 3. The SMILES string of the molecule is CC(C)c1nc(CN(C)C(=O)N[C@@H](CCN2CCOCC2)C(=O)N[C@H](CC[C@H](Cc2ccccc2)OC(=O)NCc2cncs2)Cc2ccccc2)cs1. The molecule has 12 nitrogen and oxygen atoms in total. The molecular weight excluding hydrogens is 723 g/mol. The molecule has 1 aliphatic rings. The second kappa shape index (κ2) is 21.5. The Bertz CT molecular complexity index is 1700. The van der Waals surface area contributed by atoms with Crippen LogP contribution in [0.15, 0.2) is 77.8 Å². The highest BCUT2D eigenvalue weighted by atomic mass is 32.1. The molecule has 3 atom stereocenters. The fourth-order valence-electron chi connectivity index (χ4n) is 6.21. The molecule has 1 aliphatic heterocycles. The van der Waals surface area contributed by atoms with E-state index < -0.39 is 18.2 Å². The normalized spacial score (nSPS) is 14.9. The molecule has 1 saturated heterocycles. The Morgan fingerprint density at radius 3 is 2.28 bits per heavy atom. The van der Waals surface area contributed by atoms with Gasteiger partial charge in [0.25, 0.3) is 0 Å². The van der Waals surface area contributed by atoms with Crippen molar-refractivity contribution in [1.29, 1.82) is 0 Å². The maximum absolute atomic E-state index is 14.2. The molecule has 0 unspecified atom stereocenters. The van der Waals surface area contributed by atoms with Crippen molar-refractivity contribution in [3.05, 3.63) is 104 Å². The summed E-state index contributed by atoms with van der Waals surface area (Å²) >= 11 is 3.06. The van der Waals surface area contributed by atoms with Crippen LogP contribution >= 0.6 is 22.7 Å². The number of benzene rings is 2. The van der Waals surface area contributed by atoms with Crippen LogP contribution in [0.3, 0.4) is 0 Å². The molecule has 2 aromatic heterocycles. The lowest BCUT2D eigenvalue weighted by Crippen LogP contribution is -2.54. The lowest BCUT2D eigenvalue weighted by Gasteiger charge is -2.30. The summed E-state index contributed by atoms with van der Waals surface area (Å²) in [7, 11) is 1.72. The van der Waals surface area contributed by atoms with Crippen LogP contribution in [0.25, 0.3) is 0 Å². The summed E-state index contributed by atoms with van der Waals surface area (Å²) in [5, 5.41) is 12.2. The molecule has 14 heteroatoms. The van der Waals surface area contributed by atoms with Crippen molar-refractivity contribution in [2.24, 2.45) is 0 Å². The lowest BCUT2D eigenvalue weighted by molar-refractivity contribution is -0.124. The minimum Gasteiger partial charge on any atom is -0.446 e. The molecule has 1 fully saturated rings. The van der Waals surface area contributed by atoms with Crippen molar-refractivity contribution in [2.45, 2.75) is 83.1 Å². The largest absolute Gasteiger partial charge is 0.446 e.